The van der Waals surface area contributed by atoms with Crippen LogP contribution in [0.1, 0.15) is 24.7 Å². The fourth-order valence-electron chi connectivity index (χ4n) is 3.53. The number of guanidine groups is 1. The summed E-state index contributed by atoms with van der Waals surface area (Å²) in [6.45, 7) is 9.88. The second kappa shape index (κ2) is 13.7. The molecule has 0 unspecified atom stereocenters. The van der Waals surface area contributed by atoms with Crippen LogP contribution >= 0.6 is 0 Å². The molecule has 170 valence electrons. The van der Waals surface area contributed by atoms with Crippen LogP contribution in [0.5, 0.6) is 5.75 Å². The van der Waals surface area contributed by atoms with E-state index in [9.17, 15) is 0 Å². The summed E-state index contributed by atoms with van der Waals surface area (Å²) in [5.74, 6) is 2.76. The number of benzene rings is 1. The lowest BCUT2D eigenvalue weighted by Crippen LogP contribution is -2.40. The highest BCUT2D eigenvalue weighted by Gasteiger charge is 2.09. The molecule has 0 spiro atoms. The second-order valence-corrected chi connectivity index (χ2v) is 7.55. The molecule has 0 atom stereocenters. The van der Waals surface area contributed by atoms with Gasteiger partial charge in [0.25, 0.3) is 0 Å². The molecule has 3 rings (SSSR count). The van der Waals surface area contributed by atoms with Crippen molar-refractivity contribution in [2.24, 2.45) is 4.99 Å². The van der Waals surface area contributed by atoms with Crippen LogP contribution in [0.4, 0.5) is 0 Å². The zero-order chi connectivity index (χ0) is 21.6. The molecule has 0 radical (unpaired) electrons. The topological polar surface area (TPSA) is 71.3 Å². The van der Waals surface area contributed by atoms with Gasteiger partial charge in [-0.1, -0.05) is 12.1 Å². The Bertz CT molecular complexity index is 758. The molecule has 1 aliphatic rings. The van der Waals surface area contributed by atoms with Crippen molar-refractivity contribution in [2.45, 2.75) is 26.2 Å². The number of ether oxygens (including phenoxy) is 2. The van der Waals surface area contributed by atoms with E-state index >= 15 is 0 Å². The van der Waals surface area contributed by atoms with Gasteiger partial charge in [-0.2, -0.15) is 0 Å². The molecule has 7 nitrogen and oxygen atoms in total. The van der Waals surface area contributed by atoms with Crippen molar-refractivity contribution in [1.82, 2.24) is 15.5 Å². The van der Waals surface area contributed by atoms with Crippen LogP contribution in [0.2, 0.25) is 0 Å². The highest BCUT2D eigenvalue weighted by atomic mass is 16.5. The number of aliphatic imine (C=N–C) groups is 1. The van der Waals surface area contributed by atoms with Crippen LogP contribution in [-0.2, 0) is 17.6 Å². The first-order valence-electron chi connectivity index (χ1n) is 11.4. The summed E-state index contributed by atoms with van der Waals surface area (Å²) in [5, 5.41) is 6.91. The number of hydrogen-bond donors (Lipinski definition) is 2. The summed E-state index contributed by atoms with van der Waals surface area (Å²) >= 11 is 0. The summed E-state index contributed by atoms with van der Waals surface area (Å²) in [4.78, 5) is 7.23. The highest BCUT2D eigenvalue weighted by Crippen LogP contribution is 2.13. The van der Waals surface area contributed by atoms with Crippen molar-refractivity contribution in [3.63, 3.8) is 0 Å². The summed E-state index contributed by atoms with van der Waals surface area (Å²) in [6.07, 6.45) is 4.50. The van der Waals surface area contributed by atoms with Crippen LogP contribution in [0.25, 0.3) is 0 Å². The van der Waals surface area contributed by atoms with E-state index in [2.05, 4.69) is 27.7 Å². The normalized spacial score (nSPS) is 15.1. The van der Waals surface area contributed by atoms with Crippen molar-refractivity contribution in [2.75, 3.05) is 59.1 Å². The molecule has 7 heteroatoms. The minimum atomic E-state index is 0.683. The maximum absolute atomic E-state index is 5.60. The molecule has 2 heterocycles. The van der Waals surface area contributed by atoms with Gasteiger partial charge >= 0.3 is 0 Å². The lowest BCUT2D eigenvalue weighted by atomic mass is 10.1. The first-order chi connectivity index (χ1) is 15.3. The Hall–Kier alpha value is -2.51. The van der Waals surface area contributed by atoms with Crippen LogP contribution in [0, 0.1) is 0 Å². The van der Waals surface area contributed by atoms with Crippen molar-refractivity contribution >= 4 is 5.96 Å². The minimum Gasteiger partial charge on any atom is -0.494 e. The number of nitrogens with one attached hydrogen (secondary N) is 2. The fraction of sp³-hybridized carbons (Fsp3) is 0.542. The van der Waals surface area contributed by atoms with Gasteiger partial charge < -0.3 is 24.5 Å². The lowest BCUT2D eigenvalue weighted by molar-refractivity contribution is 0.0377. The first-order valence-corrected chi connectivity index (χ1v) is 11.4. The fourth-order valence-corrected chi connectivity index (χ4v) is 3.53. The number of hydrogen-bond acceptors (Lipinski definition) is 5. The Morgan fingerprint density at radius 2 is 1.94 bits per heavy atom. The third kappa shape index (κ3) is 9.02. The quantitative estimate of drug-likeness (QED) is 0.308. The van der Waals surface area contributed by atoms with Gasteiger partial charge in [-0.15, -0.1) is 0 Å². The van der Waals surface area contributed by atoms with Crippen molar-refractivity contribution in [3.8, 4) is 5.75 Å². The van der Waals surface area contributed by atoms with E-state index < -0.39 is 0 Å². The van der Waals surface area contributed by atoms with Crippen molar-refractivity contribution < 1.29 is 13.9 Å². The van der Waals surface area contributed by atoms with Gasteiger partial charge in [0, 0.05) is 45.7 Å². The summed E-state index contributed by atoms with van der Waals surface area (Å²) < 4.78 is 16.4. The average Bonchev–Trinajstić information content (AvgIpc) is 3.31. The Kier molecular flexibility index (Phi) is 10.3. The SMILES string of the molecule is CCOc1cccc(CCNC(=NCCCN2CCOCC2)NCCc2ccco2)c1. The number of rotatable bonds is 12. The molecule has 0 saturated carbocycles. The molecule has 1 aromatic heterocycles. The van der Waals surface area contributed by atoms with Gasteiger partial charge in [0.1, 0.15) is 11.5 Å². The number of morpholine rings is 1. The summed E-state index contributed by atoms with van der Waals surface area (Å²) in [5.41, 5.74) is 1.25. The van der Waals surface area contributed by atoms with Crippen LogP contribution < -0.4 is 15.4 Å². The highest BCUT2D eigenvalue weighted by molar-refractivity contribution is 5.79. The van der Waals surface area contributed by atoms with E-state index in [1.807, 2.05) is 31.2 Å². The molecule has 1 fully saturated rings. The smallest absolute Gasteiger partial charge is 0.191 e. The molecular formula is C24H36N4O3. The zero-order valence-corrected chi connectivity index (χ0v) is 18.6. The molecule has 2 N–H and O–H groups in total. The second-order valence-electron chi connectivity index (χ2n) is 7.55. The molecule has 1 aromatic carbocycles. The molecular weight excluding hydrogens is 392 g/mol. The van der Waals surface area contributed by atoms with Gasteiger partial charge in [0.2, 0.25) is 0 Å². The molecule has 0 amide bonds. The summed E-state index contributed by atoms with van der Waals surface area (Å²) in [6, 6.07) is 12.2. The van der Waals surface area contributed by atoms with Crippen LogP contribution in [0.15, 0.2) is 52.1 Å². The third-order valence-electron chi connectivity index (χ3n) is 5.17. The number of furan rings is 1. The van der Waals surface area contributed by atoms with Gasteiger partial charge in [0.15, 0.2) is 5.96 Å². The first kappa shape index (κ1) is 23.2. The van der Waals surface area contributed by atoms with Gasteiger partial charge in [-0.05, 0) is 49.6 Å². The van der Waals surface area contributed by atoms with Crippen LogP contribution in [0.3, 0.4) is 0 Å². The van der Waals surface area contributed by atoms with Crippen molar-refractivity contribution in [3.05, 3.63) is 54.0 Å². The van der Waals surface area contributed by atoms with Crippen molar-refractivity contribution in [1.29, 1.82) is 0 Å². The number of nitrogens with zero attached hydrogens (tertiary/aromatic N) is 2. The average molecular weight is 429 g/mol. The van der Waals surface area contributed by atoms with Gasteiger partial charge in [-0.3, -0.25) is 9.89 Å². The van der Waals surface area contributed by atoms with E-state index in [1.165, 1.54) is 5.56 Å². The Balaban J connectivity index is 1.44. The Labute approximate surface area is 185 Å². The molecule has 2 aromatic rings. The predicted octanol–water partition coefficient (Wildman–Crippen LogP) is 2.72. The zero-order valence-electron chi connectivity index (χ0n) is 18.6. The van der Waals surface area contributed by atoms with E-state index in [0.29, 0.717) is 6.61 Å². The molecule has 31 heavy (non-hydrogen) atoms. The van der Waals surface area contributed by atoms with E-state index in [-0.39, 0.29) is 0 Å². The van der Waals surface area contributed by atoms with E-state index in [0.717, 1.165) is 89.2 Å². The maximum Gasteiger partial charge on any atom is 0.191 e. The van der Waals surface area contributed by atoms with Crippen LogP contribution in [-0.4, -0.2) is 69.9 Å². The van der Waals surface area contributed by atoms with E-state index in [1.54, 1.807) is 6.26 Å². The monoisotopic (exact) mass is 428 g/mol. The lowest BCUT2D eigenvalue weighted by Gasteiger charge is -2.26. The Morgan fingerprint density at radius 3 is 2.71 bits per heavy atom. The molecule has 1 saturated heterocycles. The minimum absolute atomic E-state index is 0.683. The largest absolute Gasteiger partial charge is 0.494 e. The standard InChI is InChI=1S/C24H36N4O3/c1-2-30-23-7-3-6-21(20-23)9-12-26-24(27-13-10-22-8-4-17-31-22)25-11-5-14-28-15-18-29-19-16-28/h3-4,6-8,17,20H,2,5,9-16,18-19H2,1H3,(H2,25,26,27). The summed E-state index contributed by atoms with van der Waals surface area (Å²) in [7, 11) is 0. The van der Waals surface area contributed by atoms with Gasteiger partial charge in [-0.25, -0.2) is 0 Å². The molecule has 0 bridgehead atoms. The predicted molar refractivity (Wildman–Crippen MR) is 124 cm³/mol. The maximum atomic E-state index is 5.60. The van der Waals surface area contributed by atoms with Gasteiger partial charge in [0.05, 0.1) is 26.1 Å². The molecule has 1 aliphatic heterocycles. The van der Waals surface area contributed by atoms with E-state index in [4.69, 9.17) is 18.9 Å². The Morgan fingerprint density at radius 1 is 1.10 bits per heavy atom. The third-order valence-corrected chi connectivity index (χ3v) is 5.17. The molecule has 0 aliphatic carbocycles.